The number of nitrogens with one attached hydrogen (secondary N) is 1. The van der Waals surface area contributed by atoms with Gasteiger partial charge < -0.3 is 4.98 Å². The van der Waals surface area contributed by atoms with Crippen molar-refractivity contribution < 1.29 is 4.39 Å². The van der Waals surface area contributed by atoms with Crippen molar-refractivity contribution in [2.24, 2.45) is 0 Å². The first-order valence-electron chi connectivity index (χ1n) is 6.49. The SMILES string of the molecule is CC.CCCC(C)c1c[nH]c2ccc(F)cc12. The average molecular weight is 235 g/mol. The summed E-state index contributed by atoms with van der Waals surface area (Å²) < 4.78 is 13.1. The fraction of sp³-hybridized carbons (Fsp3) is 0.467. The van der Waals surface area contributed by atoms with Crippen molar-refractivity contribution in [1.29, 1.82) is 0 Å². The molecule has 0 saturated heterocycles. The molecule has 1 atom stereocenters. The molecular formula is C15H22FN. The summed E-state index contributed by atoms with van der Waals surface area (Å²) in [6.45, 7) is 8.36. The van der Waals surface area contributed by atoms with Crippen LogP contribution in [0.25, 0.3) is 10.9 Å². The van der Waals surface area contributed by atoms with E-state index in [1.54, 1.807) is 12.1 Å². The van der Waals surface area contributed by atoms with E-state index in [0.717, 1.165) is 23.7 Å². The first-order chi connectivity index (χ1) is 8.22. The standard InChI is InChI=1S/C13H16FN.C2H6/c1-3-4-9(2)12-8-15-13-6-5-10(14)7-11(12)13;1-2/h5-9,15H,3-4H2,1-2H3;1-2H3. The van der Waals surface area contributed by atoms with Crippen LogP contribution in [0, 0.1) is 5.82 Å². The number of hydrogen-bond acceptors (Lipinski definition) is 0. The Morgan fingerprint density at radius 1 is 1.29 bits per heavy atom. The third kappa shape index (κ3) is 3.09. The van der Waals surface area contributed by atoms with Gasteiger partial charge in [-0.25, -0.2) is 4.39 Å². The van der Waals surface area contributed by atoms with E-state index in [2.05, 4.69) is 18.8 Å². The highest BCUT2D eigenvalue weighted by molar-refractivity contribution is 5.83. The van der Waals surface area contributed by atoms with Crippen LogP contribution >= 0.6 is 0 Å². The van der Waals surface area contributed by atoms with Crippen molar-refractivity contribution in [2.75, 3.05) is 0 Å². The predicted octanol–water partition coefficient (Wildman–Crippen LogP) is 5.24. The van der Waals surface area contributed by atoms with Crippen molar-refractivity contribution >= 4 is 10.9 Å². The zero-order chi connectivity index (χ0) is 12.8. The third-order valence-electron chi connectivity index (χ3n) is 2.93. The average Bonchev–Trinajstić information content (AvgIpc) is 2.75. The van der Waals surface area contributed by atoms with E-state index in [1.807, 2.05) is 20.0 Å². The van der Waals surface area contributed by atoms with E-state index in [4.69, 9.17) is 0 Å². The molecule has 0 aliphatic heterocycles. The Labute approximate surface area is 103 Å². The van der Waals surface area contributed by atoms with E-state index < -0.39 is 0 Å². The maximum Gasteiger partial charge on any atom is 0.123 e. The summed E-state index contributed by atoms with van der Waals surface area (Å²) in [4.78, 5) is 3.19. The normalized spacial score (nSPS) is 12.1. The Kier molecular flexibility index (Phi) is 5.20. The molecule has 0 saturated carbocycles. The van der Waals surface area contributed by atoms with Gasteiger partial charge in [0.2, 0.25) is 0 Å². The van der Waals surface area contributed by atoms with E-state index >= 15 is 0 Å². The maximum atomic E-state index is 13.1. The number of aromatic nitrogens is 1. The zero-order valence-electron chi connectivity index (χ0n) is 11.2. The Morgan fingerprint density at radius 2 is 2.00 bits per heavy atom. The van der Waals surface area contributed by atoms with Crippen LogP contribution in [0.4, 0.5) is 4.39 Å². The van der Waals surface area contributed by atoms with Gasteiger partial charge in [0.25, 0.3) is 0 Å². The van der Waals surface area contributed by atoms with E-state index in [9.17, 15) is 4.39 Å². The molecule has 94 valence electrons. The number of fused-ring (bicyclic) bond motifs is 1. The predicted molar refractivity (Wildman–Crippen MR) is 72.9 cm³/mol. The van der Waals surface area contributed by atoms with Crippen molar-refractivity contribution in [3.8, 4) is 0 Å². The minimum absolute atomic E-state index is 0.160. The molecule has 0 aliphatic rings. The van der Waals surface area contributed by atoms with Crippen LogP contribution in [0.3, 0.4) is 0 Å². The molecule has 2 aromatic rings. The molecule has 1 nitrogen and oxygen atoms in total. The maximum absolute atomic E-state index is 13.1. The lowest BCUT2D eigenvalue weighted by Gasteiger charge is -2.08. The van der Waals surface area contributed by atoms with Crippen LogP contribution < -0.4 is 0 Å². The highest BCUT2D eigenvalue weighted by atomic mass is 19.1. The Morgan fingerprint density at radius 3 is 2.65 bits per heavy atom. The summed E-state index contributed by atoms with van der Waals surface area (Å²) in [5, 5.41) is 1.02. The summed E-state index contributed by atoms with van der Waals surface area (Å²) in [7, 11) is 0. The smallest absolute Gasteiger partial charge is 0.123 e. The second-order valence-corrected chi connectivity index (χ2v) is 4.12. The minimum Gasteiger partial charge on any atom is -0.361 e. The number of aromatic amines is 1. The van der Waals surface area contributed by atoms with Gasteiger partial charge in [-0.15, -0.1) is 0 Å². The number of benzene rings is 1. The number of hydrogen-bond donors (Lipinski definition) is 1. The molecule has 0 radical (unpaired) electrons. The van der Waals surface area contributed by atoms with Crippen molar-refractivity contribution in [3.05, 3.63) is 35.8 Å². The largest absolute Gasteiger partial charge is 0.361 e. The van der Waals surface area contributed by atoms with Gasteiger partial charge in [-0.1, -0.05) is 34.1 Å². The van der Waals surface area contributed by atoms with Crippen LogP contribution in [0.2, 0.25) is 0 Å². The highest BCUT2D eigenvalue weighted by Gasteiger charge is 2.10. The van der Waals surface area contributed by atoms with Gasteiger partial charge in [0.1, 0.15) is 5.82 Å². The van der Waals surface area contributed by atoms with Crippen LogP contribution in [0.5, 0.6) is 0 Å². The molecule has 1 N–H and O–H groups in total. The fourth-order valence-corrected chi connectivity index (χ4v) is 2.11. The molecule has 1 heterocycles. The molecule has 1 aromatic carbocycles. The zero-order valence-corrected chi connectivity index (χ0v) is 11.2. The summed E-state index contributed by atoms with van der Waals surface area (Å²) in [6, 6.07) is 4.91. The molecule has 1 unspecified atom stereocenters. The summed E-state index contributed by atoms with van der Waals surface area (Å²) in [6.07, 6.45) is 4.30. The minimum atomic E-state index is -0.160. The molecule has 2 heteroatoms. The fourth-order valence-electron chi connectivity index (χ4n) is 2.11. The molecule has 0 fully saturated rings. The summed E-state index contributed by atoms with van der Waals surface area (Å²) in [5.74, 6) is 0.331. The second kappa shape index (κ2) is 6.43. The lowest BCUT2D eigenvalue weighted by atomic mass is 9.96. The molecule has 0 spiro atoms. The molecule has 2 rings (SSSR count). The van der Waals surface area contributed by atoms with Gasteiger partial charge in [0.05, 0.1) is 0 Å². The van der Waals surface area contributed by atoms with Crippen molar-refractivity contribution in [3.63, 3.8) is 0 Å². The molecule has 1 aromatic heterocycles. The van der Waals surface area contributed by atoms with Crippen LogP contribution in [0.1, 0.15) is 52.0 Å². The molecule has 0 aliphatic carbocycles. The van der Waals surface area contributed by atoms with E-state index in [0.29, 0.717) is 5.92 Å². The van der Waals surface area contributed by atoms with Gasteiger partial charge in [-0.2, -0.15) is 0 Å². The third-order valence-corrected chi connectivity index (χ3v) is 2.93. The van der Waals surface area contributed by atoms with Gasteiger partial charge in [0.15, 0.2) is 0 Å². The summed E-state index contributed by atoms with van der Waals surface area (Å²) >= 11 is 0. The Hall–Kier alpha value is -1.31. The Bertz CT molecular complexity index is 459. The van der Waals surface area contributed by atoms with Crippen LogP contribution in [-0.2, 0) is 0 Å². The lowest BCUT2D eigenvalue weighted by Crippen LogP contribution is -1.91. The number of halogens is 1. The quantitative estimate of drug-likeness (QED) is 0.749. The van der Waals surface area contributed by atoms with Crippen molar-refractivity contribution in [2.45, 2.75) is 46.5 Å². The van der Waals surface area contributed by atoms with Crippen LogP contribution in [-0.4, -0.2) is 4.98 Å². The first kappa shape index (κ1) is 13.8. The second-order valence-electron chi connectivity index (χ2n) is 4.12. The van der Waals surface area contributed by atoms with Gasteiger partial charge in [0, 0.05) is 17.1 Å². The van der Waals surface area contributed by atoms with Gasteiger partial charge in [-0.05, 0) is 36.1 Å². The molecule has 0 bridgehead atoms. The lowest BCUT2D eigenvalue weighted by molar-refractivity contribution is 0.629. The van der Waals surface area contributed by atoms with Crippen LogP contribution in [0.15, 0.2) is 24.4 Å². The molecular weight excluding hydrogens is 213 g/mol. The molecule has 0 amide bonds. The van der Waals surface area contributed by atoms with Crippen molar-refractivity contribution in [1.82, 2.24) is 4.98 Å². The number of rotatable bonds is 3. The summed E-state index contributed by atoms with van der Waals surface area (Å²) in [5.41, 5.74) is 2.25. The van der Waals surface area contributed by atoms with E-state index in [1.165, 1.54) is 11.6 Å². The van der Waals surface area contributed by atoms with Gasteiger partial charge in [-0.3, -0.25) is 0 Å². The van der Waals surface area contributed by atoms with E-state index in [-0.39, 0.29) is 5.82 Å². The van der Waals surface area contributed by atoms with Gasteiger partial charge >= 0.3 is 0 Å². The molecule has 17 heavy (non-hydrogen) atoms. The first-order valence-corrected chi connectivity index (χ1v) is 6.49. The number of H-pyrrole nitrogens is 1. The highest BCUT2D eigenvalue weighted by Crippen LogP contribution is 2.28. The topological polar surface area (TPSA) is 15.8 Å². The monoisotopic (exact) mass is 235 g/mol. The Balaban J connectivity index is 0.000000686.